The van der Waals surface area contributed by atoms with E-state index in [0.29, 0.717) is 12.2 Å². The molecule has 4 rings (SSSR count). The molecule has 0 aromatic rings. The van der Waals surface area contributed by atoms with Gasteiger partial charge in [-0.1, -0.05) is 0 Å². The molecular weight excluding hydrogens is 746 g/mol. The summed E-state index contributed by atoms with van der Waals surface area (Å²) in [6, 6.07) is -3.69. The first kappa shape index (κ1) is 44.3. The largest absolute Gasteiger partial charge is 0.394 e. The van der Waals surface area contributed by atoms with Crippen LogP contribution in [0, 0.1) is 11.8 Å². The van der Waals surface area contributed by atoms with Gasteiger partial charge in [0.1, 0.15) is 48.8 Å². The van der Waals surface area contributed by atoms with Crippen molar-refractivity contribution < 1.29 is 97.8 Å². The van der Waals surface area contributed by atoms with E-state index >= 15 is 0 Å². The van der Waals surface area contributed by atoms with E-state index in [1.807, 2.05) is 0 Å². The Hall–Kier alpha value is -3.43. The Morgan fingerprint density at radius 2 is 1.24 bits per heavy atom. The highest BCUT2D eigenvalue weighted by Crippen LogP contribution is 2.32. The van der Waals surface area contributed by atoms with Gasteiger partial charge < -0.3 is 70.3 Å². The monoisotopic (exact) mass is 795 g/mol. The van der Waals surface area contributed by atoms with Gasteiger partial charge in [-0.2, -0.15) is 9.78 Å². The lowest BCUT2D eigenvalue weighted by molar-refractivity contribution is -0.351. The molecule has 0 aliphatic carbocycles. The van der Waals surface area contributed by atoms with Gasteiger partial charge in [0.25, 0.3) is 0 Å². The number of rotatable bonds is 10. The lowest BCUT2D eigenvalue weighted by atomic mass is 9.85. The minimum Gasteiger partial charge on any atom is -0.394 e. The lowest BCUT2D eigenvalue weighted by Crippen LogP contribution is -2.66. The number of amides is 3. The Morgan fingerprint density at radius 1 is 0.673 bits per heavy atom. The molecule has 23 heteroatoms. The molecule has 4 aliphatic rings. The number of fused-ring (bicyclic) bond motifs is 3. The third-order valence-corrected chi connectivity index (χ3v) is 9.40. The van der Waals surface area contributed by atoms with E-state index < -0.39 is 141 Å². The van der Waals surface area contributed by atoms with Gasteiger partial charge >= 0.3 is 11.9 Å². The van der Waals surface area contributed by atoms with E-state index in [2.05, 4.69) is 16.0 Å². The van der Waals surface area contributed by atoms with Crippen LogP contribution < -0.4 is 16.0 Å². The normalized spacial score (nSPS) is 39.4. The molecule has 3 saturated heterocycles. The number of carbonyl (C=O) groups is 5. The Labute approximate surface area is 313 Å². The first-order valence-corrected chi connectivity index (χ1v) is 17.4. The van der Waals surface area contributed by atoms with E-state index in [9.17, 15) is 54.6 Å². The molecule has 0 radical (unpaired) electrons. The predicted octanol–water partition coefficient (Wildman–Crippen LogP) is -6.03. The van der Waals surface area contributed by atoms with Crippen molar-refractivity contribution in [2.24, 2.45) is 11.8 Å². The standard InChI is InChI=1S/C32H49N3O20/c1-13(39)33-25-21(50-20(8-38)28(44)29(25)45)11-47-9-16-18(6-36)49-22-12-48-10-17-19(7-37)51-32(46)27(35-15(3)41)31(17)55-53-24(43)5-4-23(42)52-54-30(16)26(22)34-14(2)40/h4-5,16-22,25-32,36-38,44-46H,6-12H2,1-3H3,(H,33,39)(H,34,40)(H,35,41)/b5-4-/t16-,17-,18?,19?,20?,21-,22-,25?,26?,27?,28+,29+,30-,31-,32+/m0/s1. The SMILES string of the molecule is CC(=O)NC1[C@H](COC[C@H]2C(CO)O[C@H]3COC[C@H]4C(CO)O[C@@H](O)C(NC(C)=O)[C@H]4OOC(=O)/C=C\C(=O)OO[C@@H]2C3NC(C)=O)OC(CO)[C@@H](O)[C@@H]1O. The number of aliphatic hydroxyl groups excluding tert-OH is 6. The van der Waals surface area contributed by atoms with Crippen LogP contribution in [0.1, 0.15) is 20.8 Å². The first-order valence-electron chi connectivity index (χ1n) is 17.4. The van der Waals surface area contributed by atoms with Gasteiger partial charge in [0, 0.05) is 44.8 Å². The van der Waals surface area contributed by atoms with E-state index in [0.717, 1.165) is 6.92 Å². The van der Waals surface area contributed by atoms with Crippen molar-refractivity contribution in [1.82, 2.24) is 16.0 Å². The average Bonchev–Trinajstić information content (AvgIpc) is 3.13. The van der Waals surface area contributed by atoms with Gasteiger partial charge in [-0.05, 0) is 0 Å². The van der Waals surface area contributed by atoms with Crippen molar-refractivity contribution in [3.05, 3.63) is 12.2 Å². The van der Waals surface area contributed by atoms with Gasteiger partial charge in [0.15, 0.2) is 6.29 Å². The highest BCUT2D eigenvalue weighted by molar-refractivity contribution is 5.91. The van der Waals surface area contributed by atoms with Crippen molar-refractivity contribution >= 4 is 29.7 Å². The Morgan fingerprint density at radius 3 is 1.82 bits per heavy atom. The molecule has 3 fully saturated rings. The predicted molar refractivity (Wildman–Crippen MR) is 174 cm³/mol. The molecule has 0 spiro atoms. The van der Waals surface area contributed by atoms with Crippen molar-refractivity contribution in [2.75, 3.05) is 46.2 Å². The smallest absolute Gasteiger partial charge is 0.366 e. The number of nitrogens with one attached hydrogen (secondary N) is 3. The number of hydrogen-bond donors (Lipinski definition) is 9. The summed E-state index contributed by atoms with van der Waals surface area (Å²) < 4.78 is 29.2. The van der Waals surface area contributed by atoms with E-state index in [4.69, 9.17) is 43.2 Å². The Bertz CT molecular complexity index is 1360. The Kier molecular flexibility index (Phi) is 16.6. The second-order valence-corrected chi connectivity index (χ2v) is 13.4. The van der Waals surface area contributed by atoms with Crippen LogP contribution in [-0.4, -0.2) is 186 Å². The maximum absolute atomic E-state index is 12.7. The molecule has 2 bridgehead atoms. The summed E-state index contributed by atoms with van der Waals surface area (Å²) >= 11 is 0. The molecule has 0 aromatic heterocycles. The quantitative estimate of drug-likeness (QED) is 0.0929. The second kappa shape index (κ2) is 20.7. The van der Waals surface area contributed by atoms with Crippen LogP contribution >= 0.6 is 0 Å². The zero-order valence-corrected chi connectivity index (χ0v) is 30.2. The highest BCUT2D eigenvalue weighted by atomic mass is 17.2. The number of aliphatic hydroxyl groups is 6. The number of ether oxygens (including phenoxy) is 5. The van der Waals surface area contributed by atoms with Gasteiger partial charge in [0.05, 0.1) is 70.5 Å². The molecule has 3 amide bonds. The molecule has 312 valence electrons. The summed E-state index contributed by atoms with van der Waals surface area (Å²) in [5, 5.41) is 69.4. The van der Waals surface area contributed by atoms with E-state index in [1.54, 1.807) is 0 Å². The van der Waals surface area contributed by atoms with Crippen molar-refractivity contribution in [2.45, 2.75) is 100 Å². The van der Waals surface area contributed by atoms with Crippen molar-refractivity contribution in [3.63, 3.8) is 0 Å². The van der Waals surface area contributed by atoms with Crippen LogP contribution in [0.2, 0.25) is 0 Å². The highest BCUT2D eigenvalue weighted by Gasteiger charge is 2.51. The first-order chi connectivity index (χ1) is 26.2. The fourth-order valence-electron chi connectivity index (χ4n) is 6.86. The summed E-state index contributed by atoms with van der Waals surface area (Å²) in [5.74, 6) is -6.30. The van der Waals surface area contributed by atoms with E-state index in [-0.39, 0.29) is 26.4 Å². The Balaban J connectivity index is 1.62. The van der Waals surface area contributed by atoms with Crippen LogP contribution in [-0.2, 0) is 67.2 Å². The third-order valence-electron chi connectivity index (χ3n) is 9.40. The summed E-state index contributed by atoms with van der Waals surface area (Å²) in [5.41, 5.74) is 0. The van der Waals surface area contributed by atoms with E-state index in [1.165, 1.54) is 13.8 Å². The maximum atomic E-state index is 12.7. The lowest BCUT2D eigenvalue weighted by Gasteiger charge is -2.46. The van der Waals surface area contributed by atoms with Crippen LogP contribution in [0.4, 0.5) is 0 Å². The molecule has 23 nitrogen and oxygen atoms in total. The molecule has 15 atom stereocenters. The fourth-order valence-corrected chi connectivity index (χ4v) is 6.86. The number of hydrogen-bond acceptors (Lipinski definition) is 20. The van der Waals surface area contributed by atoms with Crippen LogP contribution in [0.5, 0.6) is 0 Å². The molecule has 4 aliphatic heterocycles. The van der Waals surface area contributed by atoms with Gasteiger partial charge in [-0.15, -0.1) is 0 Å². The zero-order chi connectivity index (χ0) is 40.4. The number of carbonyl (C=O) groups excluding carboxylic acids is 5. The van der Waals surface area contributed by atoms with Crippen LogP contribution in [0.3, 0.4) is 0 Å². The molecule has 0 saturated carbocycles. The molecule has 9 N–H and O–H groups in total. The summed E-state index contributed by atoms with van der Waals surface area (Å²) in [4.78, 5) is 82.2. The minimum atomic E-state index is -1.72. The third kappa shape index (κ3) is 11.6. The molecule has 0 aromatic carbocycles. The summed E-state index contributed by atoms with van der Waals surface area (Å²) in [6.45, 7) is 0.0767. The maximum Gasteiger partial charge on any atom is 0.366 e. The van der Waals surface area contributed by atoms with Crippen molar-refractivity contribution in [1.29, 1.82) is 0 Å². The summed E-state index contributed by atoms with van der Waals surface area (Å²) in [7, 11) is 0. The van der Waals surface area contributed by atoms with Crippen molar-refractivity contribution in [3.8, 4) is 0 Å². The molecule has 55 heavy (non-hydrogen) atoms. The van der Waals surface area contributed by atoms with Crippen LogP contribution in [0.15, 0.2) is 12.2 Å². The second-order valence-electron chi connectivity index (χ2n) is 13.4. The molecule has 4 heterocycles. The minimum absolute atomic E-state index is 0.345. The molecule has 6 unspecified atom stereocenters. The summed E-state index contributed by atoms with van der Waals surface area (Å²) in [6.07, 6.45) is -12.1. The fraction of sp³-hybridized carbons (Fsp3) is 0.781. The van der Waals surface area contributed by atoms with Gasteiger partial charge in [-0.25, -0.2) is 9.59 Å². The van der Waals surface area contributed by atoms with Gasteiger partial charge in [-0.3, -0.25) is 24.2 Å². The van der Waals surface area contributed by atoms with Crippen LogP contribution in [0.25, 0.3) is 0 Å². The zero-order valence-electron chi connectivity index (χ0n) is 30.2. The molecular formula is C32H49N3O20. The topological polar surface area (TPSA) is 326 Å². The average molecular weight is 796 g/mol. The van der Waals surface area contributed by atoms with Gasteiger partial charge in [0.2, 0.25) is 17.7 Å².